The number of alkyl halides is 3. The van der Waals surface area contributed by atoms with Gasteiger partial charge in [-0.05, 0) is 17.7 Å². The minimum atomic E-state index is -4.12. The Hall–Kier alpha value is -0.980. The molecule has 112 valence electrons. The van der Waals surface area contributed by atoms with Gasteiger partial charge in [0.2, 0.25) is 0 Å². The average Bonchev–Trinajstić information content (AvgIpc) is 2.35. The molecule has 0 amide bonds. The molecular formula is C13H17ClF3N3. The van der Waals surface area contributed by atoms with Gasteiger partial charge in [-0.1, -0.05) is 17.7 Å². The molecule has 20 heavy (non-hydrogen) atoms. The predicted molar refractivity (Wildman–Crippen MR) is 73.6 cm³/mol. The highest BCUT2D eigenvalue weighted by Gasteiger charge is 2.32. The Morgan fingerprint density at radius 1 is 1.10 bits per heavy atom. The largest absolute Gasteiger partial charge is 0.401 e. The van der Waals surface area contributed by atoms with Crippen LogP contribution in [0.4, 0.5) is 18.9 Å². The SMILES string of the molecule is Nc1cc(CN2CCN(CC(F)(F)F)CC2)ccc1Cl. The number of nitrogen functional groups attached to an aromatic ring is 1. The van der Waals surface area contributed by atoms with Crippen molar-refractivity contribution in [3.63, 3.8) is 0 Å². The Bertz CT molecular complexity index is 457. The fourth-order valence-corrected chi connectivity index (χ4v) is 2.43. The summed E-state index contributed by atoms with van der Waals surface area (Å²) < 4.78 is 36.9. The van der Waals surface area contributed by atoms with Gasteiger partial charge < -0.3 is 5.73 Å². The van der Waals surface area contributed by atoms with Crippen molar-refractivity contribution in [2.75, 3.05) is 38.5 Å². The number of nitrogens with two attached hydrogens (primary N) is 1. The van der Waals surface area contributed by atoms with Crippen LogP contribution in [-0.4, -0.2) is 48.7 Å². The summed E-state index contributed by atoms with van der Waals surface area (Å²) in [5.74, 6) is 0. The Labute approximate surface area is 121 Å². The number of anilines is 1. The standard InChI is InChI=1S/C13H17ClF3N3/c14-11-2-1-10(7-12(11)18)8-19-3-5-20(6-4-19)9-13(15,16)17/h1-2,7H,3-6,8-9,18H2. The summed E-state index contributed by atoms with van der Waals surface area (Å²) in [7, 11) is 0. The molecule has 0 saturated carbocycles. The lowest BCUT2D eigenvalue weighted by molar-refractivity contribution is -0.149. The van der Waals surface area contributed by atoms with Gasteiger partial charge in [0.05, 0.1) is 17.3 Å². The second kappa shape index (κ2) is 6.20. The summed E-state index contributed by atoms with van der Waals surface area (Å²) in [5, 5.41) is 0.517. The van der Waals surface area contributed by atoms with Gasteiger partial charge in [-0.15, -0.1) is 0 Å². The molecule has 0 aliphatic carbocycles. The van der Waals surface area contributed by atoms with E-state index in [1.54, 1.807) is 6.07 Å². The van der Waals surface area contributed by atoms with Crippen molar-refractivity contribution in [1.82, 2.24) is 9.80 Å². The van der Waals surface area contributed by atoms with E-state index < -0.39 is 12.7 Å². The Morgan fingerprint density at radius 2 is 1.70 bits per heavy atom. The molecule has 0 atom stereocenters. The van der Waals surface area contributed by atoms with Gasteiger partial charge in [0.1, 0.15) is 0 Å². The first-order chi connectivity index (χ1) is 9.33. The fraction of sp³-hybridized carbons (Fsp3) is 0.538. The minimum Gasteiger partial charge on any atom is -0.398 e. The van der Waals surface area contributed by atoms with Crippen LogP contribution in [-0.2, 0) is 6.54 Å². The van der Waals surface area contributed by atoms with Crippen molar-refractivity contribution < 1.29 is 13.2 Å². The predicted octanol–water partition coefficient (Wildman–Crippen LogP) is 2.60. The highest BCUT2D eigenvalue weighted by Crippen LogP contribution is 2.21. The van der Waals surface area contributed by atoms with E-state index >= 15 is 0 Å². The molecule has 0 spiro atoms. The molecule has 1 fully saturated rings. The highest BCUT2D eigenvalue weighted by atomic mass is 35.5. The number of benzene rings is 1. The van der Waals surface area contributed by atoms with Crippen molar-refractivity contribution in [3.8, 4) is 0 Å². The molecule has 0 bridgehead atoms. The van der Waals surface area contributed by atoms with Crippen LogP contribution in [0.25, 0.3) is 0 Å². The third-order valence-electron chi connectivity index (χ3n) is 3.33. The van der Waals surface area contributed by atoms with E-state index in [1.165, 1.54) is 4.90 Å². The lowest BCUT2D eigenvalue weighted by Crippen LogP contribution is -2.48. The molecule has 1 aliphatic rings. The molecule has 1 aromatic rings. The summed E-state index contributed by atoms with van der Waals surface area (Å²) in [6.07, 6.45) is -4.12. The molecule has 0 unspecified atom stereocenters. The van der Waals surface area contributed by atoms with E-state index in [4.69, 9.17) is 17.3 Å². The zero-order valence-electron chi connectivity index (χ0n) is 11.0. The third-order valence-corrected chi connectivity index (χ3v) is 3.68. The van der Waals surface area contributed by atoms with Crippen molar-refractivity contribution in [2.24, 2.45) is 0 Å². The number of hydrogen-bond donors (Lipinski definition) is 1. The van der Waals surface area contributed by atoms with Gasteiger partial charge in [0.15, 0.2) is 0 Å². The van der Waals surface area contributed by atoms with Crippen LogP contribution in [0.5, 0.6) is 0 Å². The van der Waals surface area contributed by atoms with Gasteiger partial charge in [0, 0.05) is 32.7 Å². The van der Waals surface area contributed by atoms with E-state index in [1.807, 2.05) is 12.1 Å². The maximum atomic E-state index is 12.3. The van der Waals surface area contributed by atoms with Gasteiger partial charge in [-0.3, -0.25) is 9.80 Å². The fourth-order valence-electron chi connectivity index (χ4n) is 2.31. The zero-order valence-corrected chi connectivity index (χ0v) is 11.7. The van der Waals surface area contributed by atoms with Crippen LogP contribution < -0.4 is 5.73 Å². The van der Waals surface area contributed by atoms with E-state index in [-0.39, 0.29) is 0 Å². The number of halogens is 4. The van der Waals surface area contributed by atoms with Crippen LogP contribution in [0.1, 0.15) is 5.56 Å². The summed E-state index contributed by atoms with van der Waals surface area (Å²) in [4.78, 5) is 3.56. The quantitative estimate of drug-likeness (QED) is 0.871. The van der Waals surface area contributed by atoms with E-state index in [9.17, 15) is 13.2 Å². The van der Waals surface area contributed by atoms with Crippen LogP contribution in [0.2, 0.25) is 5.02 Å². The molecule has 2 rings (SSSR count). The van der Waals surface area contributed by atoms with Crippen molar-refractivity contribution >= 4 is 17.3 Å². The van der Waals surface area contributed by atoms with Gasteiger partial charge in [0.25, 0.3) is 0 Å². The van der Waals surface area contributed by atoms with Gasteiger partial charge in [-0.2, -0.15) is 13.2 Å². The number of hydrogen-bond acceptors (Lipinski definition) is 3. The van der Waals surface area contributed by atoms with E-state index in [0.29, 0.717) is 43.4 Å². The number of nitrogens with zero attached hydrogens (tertiary/aromatic N) is 2. The number of piperazine rings is 1. The molecule has 1 heterocycles. The Kier molecular flexibility index (Phi) is 4.78. The normalized spacial score (nSPS) is 18.4. The van der Waals surface area contributed by atoms with E-state index in [0.717, 1.165) is 5.56 Å². The molecule has 3 nitrogen and oxygen atoms in total. The molecule has 2 N–H and O–H groups in total. The summed E-state index contributed by atoms with van der Waals surface area (Å²) in [5.41, 5.74) is 7.29. The van der Waals surface area contributed by atoms with Crippen molar-refractivity contribution in [1.29, 1.82) is 0 Å². The molecule has 7 heteroatoms. The van der Waals surface area contributed by atoms with Crippen molar-refractivity contribution in [3.05, 3.63) is 28.8 Å². The van der Waals surface area contributed by atoms with Crippen molar-refractivity contribution in [2.45, 2.75) is 12.7 Å². The molecule has 0 aromatic heterocycles. The van der Waals surface area contributed by atoms with Crippen LogP contribution in [0, 0.1) is 0 Å². The Balaban J connectivity index is 1.83. The summed E-state index contributed by atoms with van der Waals surface area (Å²) in [6.45, 7) is 1.97. The first-order valence-electron chi connectivity index (χ1n) is 6.39. The zero-order chi connectivity index (χ0) is 14.8. The second-order valence-electron chi connectivity index (χ2n) is 5.02. The van der Waals surface area contributed by atoms with Gasteiger partial charge in [-0.25, -0.2) is 0 Å². The lowest BCUT2D eigenvalue weighted by atomic mass is 10.1. The summed E-state index contributed by atoms with van der Waals surface area (Å²) in [6, 6.07) is 5.44. The molecule has 1 aliphatic heterocycles. The second-order valence-corrected chi connectivity index (χ2v) is 5.43. The summed E-state index contributed by atoms with van der Waals surface area (Å²) >= 11 is 5.85. The Morgan fingerprint density at radius 3 is 2.25 bits per heavy atom. The molecule has 0 radical (unpaired) electrons. The van der Waals surface area contributed by atoms with Crippen LogP contribution in [0.15, 0.2) is 18.2 Å². The topological polar surface area (TPSA) is 32.5 Å². The van der Waals surface area contributed by atoms with Crippen LogP contribution in [0.3, 0.4) is 0 Å². The average molecular weight is 308 g/mol. The molecule has 1 saturated heterocycles. The van der Waals surface area contributed by atoms with Crippen LogP contribution >= 0.6 is 11.6 Å². The monoisotopic (exact) mass is 307 g/mol. The lowest BCUT2D eigenvalue weighted by Gasteiger charge is -2.35. The first kappa shape index (κ1) is 15.4. The smallest absolute Gasteiger partial charge is 0.398 e. The van der Waals surface area contributed by atoms with E-state index in [2.05, 4.69) is 4.90 Å². The molecule has 1 aromatic carbocycles. The highest BCUT2D eigenvalue weighted by molar-refractivity contribution is 6.33. The maximum Gasteiger partial charge on any atom is 0.401 e. The minimum absolute atomic E-state index is 0.433. The third kappa shape index (κ3) is 4.54. The first-order valence-corrected chi connectivity index (χ1v) is 6.77. The number of rotatable bonds is 3. The molecular weight excluding hydrogens is 291 g/mol. The maximum absolute atomic E-state index is 12.3. The van der Waals surface area contributed by atoms with Gasteiger partial charge >= 0.3 is 6.18 Å².